The third-order valence-corrected chi connectivity index (χ3v) is 4.39. The highest BCUT2D eigenvalue weighted by Gasteiger charge is 2.20. The smallest absolute Gasteiger partial charge is 0.341 e. The summed E-state index contributed by atoms with van der Waals surface area (Å²) in [5, 5.41) is 11.2. The van der Waals surface area contributed by atoms with Gasteiger partial charge < -0.3 is 15.2 Å². The fraction of sp³-hybridized carbons (Fsp3) is 0.136. The van der Waals surface area contributed by atoms with Crippen molar-refractivity contribution in [3.05, 3.63) is 83.4 Å². The van der Waals surface area contributed by atoms with Crippen LogP contribution in [0.4, 0.5) is 23.2 Å². The van der Waals surface area contributed by atoms with Crippen LogP contribution in [0.1, 0.15) is 18.5 Å². The van der Waals surface area contributed by atoms with Crippen LogP contribution in [0.3, 0.4) is 0 Å². The molecule has 0 spiro atoms. The lowest BCUT2D eigenvalue weighted by atomic mass is 9.99. The van der Waals surface area contributed by atoms with E-state index < -0.39 is 53.3 Å². The molecule has 0 radical (unpaired) electrons. The first-order valence-electron chi connectivity index (χ1n) is 8.90. The van der Waals surface area contributed by atoms with E-state index in [0.717, 1.165) is 12.1 Å². The van der Waals surface area contributed by atoms with E-state index in [-0.39, 0.29) is 5.56 Å². The average Bonchev–Trinajstić information content (AvgIpc) is 2.70. The molecule has 1 unspecified atom stereocenters. The number of ether oxygens (including phenoxy) is 1. The van der Waals surface area contributed by atoms with Crippen molar-refractivity contribution >= 4 is 11.7 Å². The van der Waals surface area contributed by atoms with Gasteiger partial charge in [-0.05, 0) is 54.4 Å². The summed E-state index contributed by atoms with van der Waals surface area (Å²) in [7, 11) is 0. The van der Waals surface area contributed by atoms with Gasteiger partial charge in [-0.1, -0.05) is 18.2 Å². The Morgan fingerprint density at radius 1 is 1.00 bits per heavy atom. The Balaban J connectivity index is 1.91. The molecule has 0 saturated carbocycles. The molecule has 3 aromatic carbocycles. The fourth-order valence-corrected chi connectivity index (χ4v) is 2.93. The summed E-state index contributed by atoms with van der Waals surface area (Å²) in [4.78, 5) is 10.6. The largest absolute Gasteiger partial charge is 0.479 e. The molecule has 0 amide bonds. The van der Waals surface area contributed by atoms with Crippen LogP contribution < -0.4 is 10.1 Å². The summed E-state index contributed by atoms with van der Waals surface area (Å²) in [5.41, 5.74) is 0.567. The second-order valence-corrected chi connectivity index (χ2v) is 6.53. The number of aliphatic carboxylic acids is 1. The van der Waals surface area contributed by atoms with E-state index in [1.807, 2.05) is 0 Å². The molecule has 0 aliphatic carbocycles. The molecule has 3 aromatic rings. The minimum atomic E-state index is -1.32. The number of benzene rings is 3. The van der Waals surface area contributed by atoms with E-state index in [9.17, 15) is 22.4 Å². The van der Waals surface area contributed by atoms with Gasteiger partial charge in [0.2, 0.25) is 0 Å². The average molecular weight is 419 g/mol. The Hall–Kier alpha value is -3.55. The molecule has 0 saturated heterocycles. The first kappa shape index (κ1) is 21.2. The number of hydrogen-bond acceptors (Lipinski definition) is 3. The van der Waals surface area contributed by atoms with E-state index in [2.05, 4.69) is 5.32 Å². The first-order valence-corrected chi connectivity index (χ1v) is 8.90. The van der Waals surface area contributed by atoms with Crippen LogP contribution in [0.2, 0.25) is 0 Å². The quantitative estimate of drug-likeness (QED) is 0.493. The standard InChI is InChI=1S/C22H17F4NO3/c1-12(27-22-18(25)7-8-19(21(22)26)30-11-20(28)29)16-10-14(5-6-17(16)24)13-3-2-4-15(23)9-13/h2-10,12,27H,11H2,1H3,(H,28,29). The van der Waals surface area contributed by atoms with Crippen LogP contribution in [-0.2, 0) is 4.79 Å². The monoisotopic (exact) mass is 419 g/mol. The molecule has 0 fully saturated rings. The zero-order chi connectivity index (χ0) is 21.8. The SMILES string of the molecule is CC(Nc1c(F)ccc(OCC(=O)O)c1F)c1cc(-c2cccc(F)c2)ccc1F. The second kappa shape index (κ2) is 8.86. The summed E-state index contributed by atoms with van der Waals surface area (Å²) < 4.78 is 61.5. The lowest BCUT2D eigenvalue weighted by Gasteiger charge is -2.19. The normalized spacial score (nSPS) is 11.8. The van der Waals surface area contributed by atoms with Gasteiger partial charge in [-0.3, -0.25) is 0 Å². The molecule has 0 heterocycles. The zero-order valence-corrected chi connectivity index (χ0v) is 15.8. The first-order chi connectivity index (χ1) is 14.3. The van der Waals surface area contributed by atoms with Gasteiger partial charge in [-0.2, -0.15) is 0 Å². The van der Waals surface area contributed by atoms with E-state index in [1.54, 1.807) is 6.07 Å². The maximum atomic E-state index is 14.6. The second-order valence-electron chi connectivity index (χ2n) is 6.53. The van der Waals surface area contributed by atoms with Gasteiger partial charge in [0.15, 0.2) is 18.2 Å². The van der Waals surface area contributed by atoms with Crippen LogP contribution in [0.15, 0.2) is 54.6 Å². The topological polar surface area (TPSA) is 58.6 Å². The highest BCUT2D eigenvalue weighted by Crippen LogP contribution is 2.32. The molecule has 0 bridgehead atoms. The summed E-state index contributed by atoms with van der Waals surface area (Å²) in [5.74, 6) is -4.94. The van der Waals surface area contributed by atoms with E-state index in [1.165, 1.54) is 43.3 Å². The van der Waals surface area contributed by atoms with Crippen LogP contribution >= 0.6 is 0 Å². The number of rotatable bonds is 7. The Morgan fingerprint density at radius 2 is 1.70 bits per heavy atom. The number of nitrogens with one attached hydrogen (secondary N) is 1. The van der Waals surface area contributed by atoms with E-state index in [0.29, 0.717) is 11.1 Å². The molecule has 3 rings (SSSR count). The van der Waals surface area contributed by atoms with E-state index >= 15 is 0 Å². The molecule has 4 nitrogen and oxygen atoms in total. The molecular formula is C22H17F4NO3. The molecule has 2 N–H and O–H groups in total. The molecule has 1 atom stereocenters. The number of carboxylic acid groups (broad SMARTS) is 1. The van der Waals surface area contributed by atoms with Gasteiger partial charge in [0.05, 0.1) is 6.04 Å². The van der Waals surface area contributed by atoms with Crippen LogP contribution in [0, 0.1) is 23.3 Å². The Labute approximate surface area is 169 Å². The lowest BCUT2D eigenvalue weighted by molar-refractivity contribution is -0.139. The zero-order valence-electron chi connectivity index (χ0n) is 15.8. The van der Waals surface area contributed by atoms with Crippen molar-refractivity contribution in [2.75, 3.05) is 11.9 Å². The third kappa shape index (κ3) is 4.71. The number of hydrogen-bond donors (Lipinski definition) is 2. The van der Waals surface area contributed by atoms with Gasteiger partial charge in [-0.15, -0.1) is 0 Å². The summed E-state index contributed by atoms with van der Waals surface area (Å²) in [6.07, 6.45) is 0. The molecular weight excluding hydrogens is 402 g/mol. The van der Waals surface area contributed by atoms with Crippen LogP contribution in [-0.4, -0.2) is 17.7 Å². The number of carboxylic acids is 1. The minimum Gasteiger partial charge on any atom is -0.479 e. The van der Waals surface area contributed by atoms with Crippen molar-refractivity contribution in [2.45, 2.75) is 13.0 Å². The Morgan fingerprint density at radius 3 is 2.40 bits per heavy atom. The molecule has 30 heavy (non-hydrogen) atoms. The highest BCUT2D eigenvalue weighted by molar-refractivity contribution is 5.68. The molecule has 0 aromatic heterocycles. The van der Waals surface area contributed by atoms with Crippen molar-refractivity contribution in [3.8, 4) is 16.9 Å². The predicted molar refractivity (Wildman–Crippen MR) is 103 cm³/mol. The van der Waals surface area contributed by atoms with E-state index in [4.69, 9.17) is 9.84 Å². The van der Waals surface area contributed by atoms with Crippen LogP contribution in [0.25, 0.3) is 11.1 Å². The molecule has 8 heteroatoms. The number of halogens is 4. The van der Waals surface area contributed by atoms with Crippen molar-refractivity contribution in [2.24, 2.45) is 0 Å². The molecule has 0 aliphatic rings. The third-order valence-electron chi connectivity index (χ3n) is 4.39. The maximum absolute atomic E-state index is 14.6. The van der Waals surface area contributed by atoms with Gasteiger partial charge in [0, 0.05) is 5.56 Å². The lowest BCUT2D eigenvalue weighted by Crippen LogP contribution is -2.14. The van der Waals surface area contributed by atoms with Gasteiger partial charge in [0.1, 0.15) is 23.1 Å². The van der Waals surface area contributed by atoms with Crippen LogP contribution in [0.5, 0.6) is 5.75 Å². The maximum Gasteiger partial charge on any atom is 0.341 e. The summed E-state index contributed by atoms with van der Waals surface area (Å²) >= 11 is 0. The Bertz CT molecular complexity index is 1090. The highest BCUT2D eigenvalue weighted by atomic mass is 19.1. The van der Waals surface area contributed by atoms with Crippen molar-refractivity contribution in [1.82, 2.24) is 0 Å². The van der Waals surface area contributed by atoms with Crippen molar-refractivity contribution < 1.29 is 32.2 Å². The summed E-state index contributed by atoms with van der Waals surface area (Å²) in [6.45, 7) is 0.694. The molecule has 0 aliphatic heterocycles. The number of carbonyl (C=O) groups is 1. The van der Waals surface area contributed by atoms with Gasteiger partial charge in [0.25, 0.3) is 0 Å². The van der Waals surface area contributed by atoms with Gasteiger partial charge in [-0.25, -0.2) is 22.4 Å². The summed E-state index contributed by atoms with van der Waals surface area (Å²) in [6, 6.07) is 10.9. The predicted octanol–water partition coefficient (Wildman–Crippen LogP) is 5.55. The fourth-order valence-electron chi connectivity index (χ4n) is 2.93. The Kier molecular flexibility index (Phi) is 6.25. The van der Waals surface area contributed by atoms with Gasteiger partial charge >= 0.3 is 5.97 Å². The van der Waals surface area contributed by atoms with Crippen molar-refractivity contribution in [3.63, 3.8) is 0 Å². The number of anilines is 1. The van der Waals surface area contributed by atoms with Crippen molar-refractivity contribution in [1.29, 1.82) is 0 Å². The molecule has 156 valence electrons. The minimum absolute atomic E-state index is 0.104.